The van der Waals surface area contributed by atoms with Crippen molar-refractivity contribution in [2.45, 2.75) is 44.7 Å². The Bertz CT molecular complexity index is 816. The first-order valence-corrected chi connectivity index (χ1v) is 9.62. The van der Waals surface area contributed by atoms with Crippen molar-refractivity contribution in [3.63, 3.8) is 0 Å². The number of nitrogens with one attached hydrogen (secondary N) is 2. The number of nitrogens with zero attached hydrogens (tertiary/aromatic N) is 4. The summed E-state index contributed by atoms with van der Waals surface area (Å²) in [6.45, 7) is 0.924. The number of aryl methyl sites for hydroxylation is 1. The van der Waals surface area contributed by atoms with E-state index < -0.39 is 5.82 Å². The molecule has 150 valence electrons. The molecular formula is C18H22ClFN6O2. The van der Waals surface area contributed by atoms with Crippen molar-refractivity contribution in [2.24, 2.45) is 5.92 Å². The van der Waals surface area contributed by atoms with Crippen LogP contribution >= 0.6 is 11.6 Å². The third-order valence-corrected chi connectivity index (χ3v) is 5.15. The second-order valence-electron chi connectivity index (χ2n) is 6.95. The normalized spacial score (nSPS) is 19.2. The molecule has 0 unspecified atom stereocenters. The number of hydrogen-bond acceptors (Lipinski definition) is 5. The first kappa shape index (κ1) is 20.2. The topological polar surface area (TPSA) is 102 Å². The third-order valence-electron chi connectivity index (χ3n) is 4.83. The smallest absolute Gasteiger partial charge is 0.252 e. The molecule has 1 aliphatic carbocycles. The van der Waals surface area contributed by atoms with Gasteiger partial charge in [0.2, 0.25) is 5.91 Å². The van der Waals surface area contributed by atoms with Crippen LogP contribution in [0.2, 0.25) is 5.02 Å². The van der Waals surface area contributed by atoms with Crippen LogP contribution in [0.4, 0.5) is 4.39 Å². The van der Waals surface area contributed by atoms with Crippen LogP contribution in [0.5, 0.6) is 0 Å². The Balaban J connectivity index is 1.42. The van der Waals surface area contributed by atoms with Gasteiger partial charge in [0.15, 0.2) is 0 Å². The molecule has 1 aromatic carbocycles. The summed E-state index contributed by atoms with van der Waals surface area (Å²) in [6.07, 6.45) is 5.47. The van der Waals surface area contributed by atoms with Crippen molar-refractivity contribution in [3.05, 3.63) is 40.9 Å². The number of halogens is 2. The Morgan fingerprint density at radius 2 is 2.18 bits per heavy atom. The highest BCUT2D eigenvalue weighted by molar-refractivity contribution is 6.33. The van der Waals surface area contributed by atoms with Crippen molar-refractivity contribution in [2.75, 3.05) is 6.54 Å². The largest absolute Gasteiger partial charge is 0.353 e. The second-order valence-corrected chi connectivity index (χ2v) is 7.36. The van der Waals surface area contributed by atoms with Gasteiger partial charge in [0, 0.05) is 19.0 Å². The summed E-state index contributed by atoms with van der Waals surface area (Å²) < 4.78 is 14.6. The number of rotatable bonds is 7. The average Bonchev–Trinajstić information content (AvgIpc) is 3.18. The number of hydrogen-bond donors (Lipinski definition) is 2. The van der Waals surface area contributed by atoms with Gasteiger partial charge >= 0.3 is 0 Å². The summed E-state index contributed by atoms with van der Waals surface area (Å²) in [7, 11) is 0. The molecule has 1 heterocycles. The number of benzene rings is 1. The Hall–Kier alpha value is -2.55. The molecule has 1 aliphatic rings. The van der Waals surface area contributed by atoms with Gasteiger partial charge in [0.25, 0.3) is 5.91 Å². The van der Waals surface area contributed by atoms with Gasteiger partial charge in [-0.05, 0) is 53.8 Å². The van der Waals surface area contributed by atoms with Crippen LogP contribution in [0.15, 0.2) is 24.5 Å². The van der Waals surface area contributed by atoms with Gasteiger partial charge in [0.05, 0.1) is 17.1 Å². The minimum Gasteiger partial charge on any atom is -0.353 e. The van der Waals surface area contributed by atoms with Crippen LogP contribution in [0.25, 0.3) is 0 Å². The number of carbonyl (C=O) groups excluding carboxylic acids is 2. The molecule has 2 N–H and O–H groups in total. The lowest BCUT2D eigenvalue weighted by atomic mass is 9.85. The summed E-state index contributed by atoms with van der Waals surface area (Å²) in [5.41, 5.74) is 0.256. The lowest BCUT2D eigenvalue weighted by molar-refractivity contribution is -0.122. The molecule has 1 fully saturated rings. The summed E-state index contributed by atoms with van der Waals surface area (Å²) in [4.78, 5) is 24.4. The summed E-state index contributed by atoms with van der Waals surface area (Å²) in [5, 5.41) is 16.8. The van der Waals surface area contributed by atoms with E-state index in [-0.39, 0.29) is 34.4 Å². The molecule has 0 aliphatic heterocycles. The van der Waals surface area contributed by atoms with Gasteiger partial charge in [-0.2, -0.15) is 0 Å². The van der Waals surface area contributed by atoms with Gasteiger partial charge in [-0.3, -0.25) is 9.59 Å². The SMILES string of the molecule is O=C(CCn1cnnn1)N[C@H]1CCC[C@@H](CNC(=O)c2ccc(F)cc2Cl)C1. The molecule has 3 rings (SSSR count). The van der Waals surface area contributed by atoms with Gasteiger partial charge in [-0.1, -0.05) is 18.0 Å². The highest BCUT2D eigenvalue weighted by Crippen LogP contribution is 2.24. The molecule has 28 heavy (non-hydrogen) atoms. The van der Waals surface area contributed by atoms with Crippen LogP contribution in [0.3, 0.4) is 0 Å². The van der Waals surface area contributed by atoms with Crippen molar-refractivity contribution < 1.29 is 14.0 Å². The molecule has 1 aromatic heterocycles. The number of aromatic nitrogens is 4. The maximum Gasteiger partial charge on any atom is 0.252 e. The van der Waals surface area contributed by atoms with Crippen molar-refractivity contribution >= 4 is 23.4 Å². The molecule has 2 aromatic rings. The minimum atomic E-state index is -0.479. The number of tetrazole rings is 1. The average molecular weight is 409 g/mol. The summed E-state index contributed by atoms with van der Waals surface area (Å²) in [6, 6.07) is 3.80. The Morgan fingerprint density at radius 1 is 1.32 bits per heavy atom. The van der Waals surface area contributed by atoms with E-state index in [2.05, 4.69) is 26.2 Å². The zero-order chi connectivity index (χ0) is 19.9. The lowest BCUT2D eigenvalue weighted by Crippen LogP contribution is -2.41. The highest BCUT2D eigenvalue weighted by atomic mass is 35.5. The van der Waals surface area contributed by atoms with Gasteiger partial charge < -0.3 is 10.6 Å². The fourth-order valence-electron chi connectivity index (χ4n) is 3.41. The van der Waals surface area contributed by atoms with Gasteiger partial charge in [-0.15, -0.1) is 5.10 Å². The van der Waals surface area contributed by atoms with Crippen molar-refractivity contribution in [3.8, 4) is 0 Å². The molecule has 2 atom stereocenters. The van der Waals surface area contributed by atoms with E-state index in [0.29, 0.717) is 19.5 Å². The van der Waals surface area contributed by atoms with Crippen LogP contribution in [-0.2, 0) is 11.3 Å². The van der Waals surface area contributed by atoms with Gasteiger partial charge in [-0.25, -0.2) is 9.07 Å². The molecular weight excluding hydrogens is 387 g/mol. The molecule has 10 heteroatoms. The lowest BCUT2D eigenvalue weighted by Gasteiger charge is -2.30. The number of carbonyl (C=O) groups is 2. The zero-order valence-corrected chi connectivity index (χ0v) is 16.0. The van der Waals surface area contributed by atoms with Crippen LogP contribution < -0.4 is 10.6 Å². The Morgan fingerprint density at radius 3 is 2.93 bits per heavy atom. The van der Waals surface area contributed by atoms with E-state index in [1.165, 1.54) is 23.1 Å². The zero-order valence-electron chi connectivity index (χ0n) is 15.3. The predicted octanol–water partition coefficient (Wildman–Crippen LogP) is 1.96. The van der Waals surface area contributed by atoms with E-state index in [9.17, 15) is 14.0 Å². The van der Waals surface area contributed by atoms with E-state index in [4.69, 9.17) is 11.6 Å². The van der Waals surface area contributed by atoms with E-state index in [1.807, 2.05) is 0 Å². The molecule has 0 bridgehead atoms. The summed E-state index contributed by atoms with van der Waals surface area (Å²) in [5.74, 6) is -0.574. The predicted molar refractivity (Wildman–Crippen MR) is 100 cm³/mol. The fraction of sp³-hybridized carbons (Fsp3) is 0.500. The third kappa shape index (κ3) is 5.72. The van der Waals surface area contributed by atoms with Crippen LogP contribution in [0.1, 0.15) is 42.5 Å². The Kier molecular flexibility index (Phi) is 6.91. The molecule has 8 nitrogen and oxygen atoms in total. The molecule has 1 saturated carbocycles. The van der Waals surface area contributed by atoms with E-state index in [1.54, 1.807) is 0 Å². The monoisotopic (exact) mass is 408 g/mol. The molecule has 0 saturated heterocycles. The first-order valence-electron chi connectivity index (χ1n) is 9.24. The standard InChI is InChI=1S/C18H22ClFN6O2/c19-16-9-13(20)4-5-15(16)18(28)21-10-12-2-1-3-14(8-12)23-17(27)6-7-26-11-22-24-25-26/h4-5,9,11-12,14H,1-3,6-8,10H2,(H,21,28)(H,23,27)/t12-,14+/m1/s1. The molecule has 0 spiro atoms. The quantitative estimate of drug-likeness (QED) is 0.729. The maximum atomic E-state index is 13.1. The fourth-order valence-corrected chi connectivity index (χ4v) is 3.67. The maximum absolute atomic E-state index is 13.1. The minimum absolute atomic E-state index is 0.0386. The van der Waals surface area contributed by atoms with Crippen LogP contribution in [-0.4, -0.2) is 44.6 Å². The van der Waals surface area contributed by atoms with Crippen molar-refractivity contribution in [1.82, 2.24) is 30.8 Å². The number of amides is 2. The van der Waals surface area contributed by atoms with Gasteiger partial charge in [0.1, 0.15) is 12.1 Å². The van der Waals surface area contributed by atoms with Crippen LogP contribution in [0, 0.1) is 11.7 Å². The van der Waals surface area contributed by atoms with E-state index >= 15 is 0 Å². The van der Waals surface area contributed by atoms with Crippen molar-refractivity contribution in [1.29, 1.82) is 0 Å². The van der Waals surface area contributed by atoms with E-state index in [0.717, 1.165) is 31.7 Å². The highest BCUT2D eigenvalue weighted by Gasteiger charge is 2.24. The first-order chi connectivity index (χ1) is 13.5. The second kappa shape index (κ2) is 9.59. The summed E-state index contributed by atoms with van der Waals surface area (Å²) >= 11 is 5.93. The molecule has 2 amide bonds. The Labute approximate surface area is 166 Å². The molecule has 0 radical (unpaired) electrons.